The van der Waals surface area contributed by atoms with Crippen LogP contribution < -0.4 is 10.6 Å². The Labute approximate surface area is 105 Å². The van der Waals surface area contributed by atoms with Gasteiger partial charge in [0.2, 0.25) is 5.95 Å². The molecule has 2 unspecified atom stereocenters. The van der Waals surface area contributed by atoms with Crippen LogP contribution in [0, 0.1) is 5.82 Å². The van der Waals surface area contributed by atoms with Gasteiger partial charge in [-0.3, -0.25) is 0 Å². The first kappa shape index (κ1) is 12.4. The molecule has 0 bridgehead atoms. The van der Waals surface area contributed by atoms with Crippen molar-refractivity contribution in [3.63, 3.8) is 0 Å². The van der Waals surface area contributed by atoms with Crippen LogP contribution in [0.5, 0.6) is 0 Å². The third-order valence-electron chi connectivity index (χ3n) is 3.03. The molecule has 1 aromatic heterocycles. The number of rotatable bonds is 4. The molecule has 4 nitrogen and oxygen atoms in total. The van der Waals surface area contributed by atoms with Crippen LogP contribution in [0.15, 0.2) is 6.20 Å². The summed E-state index contributed by atoms with van der Waals surface area (Å²) in [5.74, 6) is 0.348. The van der Waals surface area contributed by atoms with Gasteiger partial charge in [0.05, 0.1) is 6.20 Å². The topological polar surface area (TPSA) is 49.8 Å². The van der Waals surface area contributed by atoms with Crippen molar-refractivity contribution in [2.45, 2.75) is 30.6 Å². The van der Waals surface area contributed by atoms with Gasteiger partial charge in [-0.25, -0.2) is 9.37 Å². The van der Waals surface area contributed by atoms with Gasteiger partial charge < -0.3 is 10.6 Å². The number of hydrogen-bond donors (Lipinski definition) is 2. The fourth-order valence-corrected chi connectivity index (χ4v) is 2.86. The molecule has 17 heavy (non-hydrogen) atoms. The summed E-state index contributed by atoms with van der Waals surface area (Å²) in [5, 5.41) is 6.66. The molecule has 0 amide bonds. The van der Waals surface area contributed by atoms with Crippen LogP contribution in [-0.4, -0.2) is 34.6 Å². The van der Waals surface area contributed by atoms with Gasteiger partial charge in [-0.2, -0.15) is 16.7 Å². The summed E-state index contributed by atoms with van der Waals surface area (Å²) >= 11 is 1.88. The Kier molecular flexibility index (Phi) is 4.04. The van der Waals surface area contributed by atoms with Crippen molar-refractivity contribution in [2.75, 3.05) is 23.9 Å². The summed E-state index contributed by atoms with van der Waals surface area (Å²) in [6, 6.07) is 0.321. The predicted molar refractivity (Wildman–Crippen MR) is 70.1 cm³/mol. The predicted octanol–water partition coefficient (Wildman–Crippen LogP) is 2.35. The molecule has 1 fully saturated rings. The molecule has 0 aliphatic heterocycles. The van der Waals surface area contributed by atoms with Crippen LogP contribution in [0.3, 0.4) is 0 Å². The van der Waals surface area contributed by atoms with Gasteiger partial charge in [0.25, 0.3) is 0 Å². The zero-order valence-corrected chi connectivity index (χ0v) is 10.9. The maximum absolute atomic E-state index is 13.5. The summed E-state index contributed by atoms with van der Waals surface area (Å²) in [7, 11) is 1.72. The quantitative estimate of drug-likeness (QED) is 0.866. The molecule has 94 valence electrons. The minimum Gasteiger partial charge on any atom is -0.365 e. The average molecular weight is 256 g/mol. The van der Waals surface area contributed by atoms with Gasteiger partial charge in [-0.05, 0) is 25.5 Å². The second kappa shape index (κ2) is 5.53. The Bertz CT molecular complexity index is 388. The van der Waals surface area contributed by atoms with Crippen molar-refractivity contribution in [3.8, 4) is 0 Å². The number of nitrogens with zero attached hydrogens (tertiary/aromatic N) is 2. The Hall–Kier alpha value is -1.04. The van der Waals surface area contributed by atoms with Crippen LogP contribution in [-0.2, 0) is 0 Å². The van der Waals surface area contributed by atoms with E-state index in [4.69, 9.17) is 0 Å². The normalized spacial score (nSPS) is 23.7. The van der Waals surface area contributed by atoms with Gasteiger partial charge in [0.1, 0.15) is 0 Å². The average Bonchev–Trinajstić information content (AvgIpc) is 2.80. The molecule has 6 heteroatoms. The zero-order valence-electron chi connectivity index (χ0n) is 10.0. The Morgan fingerprint density at radius 1 is 1.47 bits per heavy atom. The molecule has 2 atom stereocenters. The molecule has 1 heterocycles. The smallest absolute Gasteiger partial charge is 0.224 e. The lowest BCUT2D eigenvalue weighted by molar-refractivity contribution is 0.611. The highest BCUT2D eigenvalue weighted by molar-refractivity contribution is 7.99. The first-order valence-electron chi connectivity index (χ1n) is 5.72. The molecule has 1 aromatic rings. The number of nitrogens with one attached hydrogen (secondary N) is 2. The molecule has 1 saturated carbocycles. The zero-order chi connectivity index (χ0) is 12.3. The number of thioether (sulfide) groups is 1. The first-order valence-corrected chi connectivity index (χ1v) is 7.01. The van der Waals surface area contributed by atoms with E-state index in [2.05, 4.69) is 26.9 Å². The van der Waals surface area contributed by atoms with Gasteiger partial charge >= 0.3 is 0 Å². The molecule has 2 rings (SSSR count). The van der Waals surface area contributed by atoms with Crippen molar-refractivity contribution < 1.29 is 4.39 Å². The molecular formula is C11H17FN4S. The minimum atomic E-state index is -0.392. The maximum atomic E-state index is 13.5. The molecule has 1 aliphatic carbocycles. The third-order valence-corrected chi connectivity index (χ3v) is 4.12. The van der Waals surface area contributed by atoms with E-state index in [1.54, 1.807) is 7.05 Å². The van der Waals surface area contributed by atoms with E-state index in [1.165, 1.54) is 12.6 Å². The summed E-state index contributed by atoms with van der Waals surface area (Å²) in [5.41, 5.74) is 0. The van der Waals surface area contributed by atoms with E-state index >= 15 is 0 Å². The summed E-state index contributed by atoms with van der Waals surface area (Å²) in [4.78, 5) is 7.91. The molecular weight excluding hydrogens is 239 g/mol. The van der Waals surface area contributed by atoms with E-state index < -0.39 is 5.82 Å². The SMILES string of the molecule is CNc1ncc(F)c(NC2CCC(SC)C2)n1. The second-order valence-corrected chi connectivity index (χ2v) is 5.29. The number of aromatic nitrogens is 2. The Morgan fingerprint density at radius 3 is 2.94 bits per heavy atom. The van der Waals surface area contributed by atoms with E-state index in [9.17, 15) is 4.39 Å². The fraction of sp³-hybridized carbons (Fsp3) is 0.636. The van der Waals surface area contributed by atoms with Gasteiger partial charge in [-0.15, -0.1) is 0 Å². The fourth-order valence-electron chi connectivity index (χ4n) is 2.07. The van der Waals surface area contributed by atoms with Gasteiger partial charge in [0.15, 0.2) is 11.6 Å². The second-order valence-electron chi connectivity index (χ2n) is 4.15. The standard InChI is InChI=1S/C11H17FN4S/c1-13-11-14-6-9(12)10(16-11)15-7-3-4-8(5-7)17-2/h6-8H,3-5H2,1-2H3,(H2,13,14,15,16). The molecule has 1 aliphatic rings. The van der Waals surface area contributed by atoms with Crippen LogP contribution in [0.1, 0.15) is 19.3 Å². The highest BCUT2D eigenvalue weighted by atomic mass is 32.2. The van der Waals surface area contributed by atoms with E-state index in [0.717, 1.165) is 12.8 Å². The van der Waals surface area contributed by atoms with Crippen LogP contribution in [0.25, 0.3) is 0 Å². The number of hydrogen-bond acceptors (Lipinski definition) is 5. The molecule has 0 aromatic carbocycles. The first-order chi connectivity index (χ1) is 8.22. The molecule has 0 spiro atoms. The highest BCUT2D eigenvalue weighted by Gasteiger charge is 2.24. The Balaban J connectivity index is 2.03. The lowest BCUT2D eigenvalue weighted by Gasteiger charge is -2.14. The van der Waals surface area contributed by atoms with E-state index in [1.807, 2.05) is 11.8 Å². The molecule has 0 radical (unpaired) electrons. The van der Waals surface area contributed by atoms with E-state index in [-0.39, 0.29) is 0 Å². The minimum absolute atomic E-state index is 0.302. The lowest BCUT2D eigenvalue weighted by atomic mass is 10.2. The van der Waals surface area contributed by atoms with Crippen molar-refractivity contribution in [1.82, 2.24) is 9.97 Å². The van der Waals surface area contributed by atoms with Crippen LogP contribution in [0.2, 0.25) is 0 Å². The van der Waals surface area contributed by atoms with Gasteiger partial charge in [-0.1, -0.05) is 0 Å². The van der Waals surface area contributed by atoms with Crippen LogP contribution in [0.4, 0.5) is 16.2 Å². The number of anilines is 2. The van der Waals surface area contributed by atoms with Crippen LogP contribution >= 0.6 is 11.8 Å². The largest absolute Gasteiger partial charge is 0.365 e. The van der Waals surface area contributed by atoms with Crippen molar-refractivity contribution >= 4 is 23.5 Å². The maximum Gasteiger partial charge on any atom is 0.224 e. The Morgan fingerprint density at radius 2 is 2.29 bits per heavy atom. The number of halogens is 1. The monoisotopic (exact) mass is 256 g/mol. The van der Waals surface area contributed by atoms with Crippen molar-refractivity contribution in [1.29, 1.82) is 0 Å². The highest BCUT2D eigenvalue weighted by Crippen LogP contribution is 2.30. The van der Waals surface area contributed by atoms with Gasteiger partial charge in [0, 0.05) is 18.3 Å². The molecule has 2 N–H and O–H groups in total. The summed E-state index contributed by atoms with van der Waals surface area (Å²) < 4.78 is 13.5. The third kappa shape index (κ3) is 3.00. The molecule has 0 saturated heterocycles. The van der Waals surface area contributed by atoms with Crippen molar-refractivity contribution in [3.05, 3.63) is 12.0 Å². The summed E-state index contributed by atoms with van der Waals surface area (Å²) in [6.07, 6.45) is 6.65. The van der Waals surface area contributed by atoms with E-state index in [0.29, 0.717) is 23.1 Å². The van der Waals surface area contributed by atoms with Crippen molar-refractivity contribution in [2.24, 2.45) is 0 Å². The lowest BCUT2D eigenvalue weighted by Crippen LogP contribution is -2.18. The summed E-state index contributed by atoms with van der Waals surface area (Å²) in [6.45, 7) is 0.